The van der Waals surface area contributed by atoms with Gasteiger partial charge in [0.05, 0.1) is 25.2 Å². The topological polar surface area (TPSA) is 58.6 Å². The van der Waals surface area contributed by atoms with Crippen molar-refractivity contribution in [2.45, 2.75) is 0 Å². The molecule has 100 valence electrons. The van der Waals surface area contributed by atoms with E-state index in [1.54, 1.807) is 0 Å². The molecule has 0 aromatic heterocycles. The van der Waals surface area contributed by atoms with Crippen LogP contribution in [0.25, 0.3) is 0 Å². The average Bonchev–Trinajstić information content (AvgIpc) is 2.27. The molecule has 1 N–H and O–H groups in total. The Labute approximate surface area is 121 Å². The van der Waals surface area contributed by atoms with E-state index in [4.69, 9.17) is 4.74 Å². The summed E-state index contributed by atoms with van der Waals surface area (Å²) in [6.45, 7) is 3.08. The third-order valence-electron chi connectivity index (χ3n) is 2.56. The zero-order valence-electron chi connectivity index (χ0n) is 10.0. The van der Waals surface area contributed by atoms with Crippen molar-refractivity contribution in [1.82, 2.24) is 0 Å². The molecule has 0 spiro atoms. The van der Waals surface area contributed by atoms with E-state index in [1.165, 1.54) is 0 Å². The molecule has 7 heteroatoms. The summed E-state index contributed by atoms with van der Waals surface area (Å²) < 4.78 is 31.3. The normalized spacial score (nSPS) is 16.7. The molecule has 1 aromatic rings. The maximum atomic E-state index is 11.3. The van der Waals surface area contributed by atoms with Crippen LogP contribution in [0.5, 0.6) is 0 Å². The van der Waals surface area contributed by atoms with E-state index in [0.717, 1.165) is 28.6 Å². The highest BCUT2D eigenvalue weighted by Gasteiger charge is 2.13. The molecule has 0 atom stereocenters. The summed E-state index contributed by atoms with van der Waals surface area (Å²) in [6, 6.07) is 5.71. The first-order valence-corrected chi connectivity index (χ1v) is 8.52. The van der Waals surface area contributed by atoms with Gasteiger partial charge < -0.3 is 9.64 Å². The molecule has 1 aliphatic rings. The number of nitrogens with zero attached hydrogens (tertiary/aromatic N) is 1. The summed E-state index contributed by atoms with van der Waals surface area (Å²) in [5.41, 5.74) is 1.63. The van der Waals surface area contributed by atoms with Crippen molar-refractivity contribution < 1.29 is 13.2 Å². The average molecular weight is 382 g/mol. The molecule has 0 amide bonds. The van der Waals surface area contributed by atoms with Gasteiger partial charge in [-0.3, -0.25) is 4.72 Å². The smallest absolute Gasteiger partial charge is 0.229 e. The zero-order chi connectivity index (χ0) is 13.2. The lowest BCUT2D eigenvalue weighted by atomic mass is 10.2. The highest BCUT2D eigenvalue weighted by molar-refractivity contribution is 14.1. The molecule has 0 unspecified atom stereocenters. The van der Waals surface area contributed by atoms with Crippen molar-refractivity contribution in [3.63, 3.8) is 0 Å². The predicted molar refractivity (Wildman–Crippen MR) is 80.7 cm³/mol. The minimum atomic E-state index is -3.24. The molecule has 0 saturated carbocycles. The van der Waals surface area contributed by atoms with Crippen LogP contribution >= 0.6 is 22.6 Å². The maximum Gasteiger partial charge on any atom is 0.229 e. The van der Waals surface area contributed by atoms with Gasteiger partial charge in [0.15, 0.2) is 0 Å². The monoisotopic (exact) mass is 382 g/mol. The Morgan fingerprint density at radius 1 is 1.28 bits per heavy atom. The van der Waals surface area contributed by atoms with Crippen LogP contribution in [0.4, 0.5) is 11.4 Å². The molecular formula is C11H15IN2O3S. The highest BCUT2D eigenvalue weighted by atomic mass is 127. The van der Waals surface area contributed by atoms with Gasteiger partial charge in [0, 0.05) is 22.3 Å². The van der Waals surface area contributed by atoms with E-state index in [9.17, 15) is 8.42 Å². The van der Waals surface area contributed by atoms with Crippen LogP contribution in [0.3, 0.4) is 0 Å². The van der Waals surface area contributed by atoms with Crippen molar-refractivity contribution in [2.24, 2.45) is 0 Å². The summed E-state index contributed by atoms with van der Waals surface area (Å²) in [5, 5.41) is 0. The van der Waals surface area contributed by atoms with E-state index in [1.807, 2.05) is 18.2 Å². The van der Waals surface area contributed by atoms with Crippen LogP contribution in [-0.2, 0) is 14.8 Å². The quantitative estimate of drug-likeness (QED) is 0.806. The van der Waals surface area contributed by atoms with E-state index < -0.39 is 10.0 Å². The molecule has 1 saturated heterocycles. The van der Waals surface area contributed by atoms with Crippen LogP contribution in [0.1, 0.15) is 0 Å². The molecule has 5 nitrogen and oxygen atoms in total. The van der Waals surface area contributed by atoms with Crippen molar-refractivity contribution in [1.29, 1.82) is 0 Å². The Balaban J connectivity index is 2.25. The number of nitrogens with one attached hydrogen (secondary N) is 1. The lowest BCUT2D eigenvalue weighted by Gasteiger charge is -2.29. The number of hydrogen-bond acceptors (Lipinski definition) is 4. The predicted octanol–water partition coefficient (Wildman–Crippen LogP) is 1.50. The number of rotatable bonds is 3. The molecule has 0 aliphatic carbocycles. The third-order valence-corrected chi connectivity index (χ3v) is 3.79. The number of hydrogen-bond donors (Lipinski definition) is 1. The Morgan fingerprint density at radius 3 is 2.56 bits per heavy atom. The minimum Gasteiger partial charge on any atom is -0.378 e. The summed E-state index contributed by atoms with van der Waals surface area (Å²) >= 11 is 2.19. The Morgan fingerprint density at radius 2 is 1.94 bits per heavy atom. The molecular weight excluding hydrogens is 367 g/mol. The second-order valence-corrected chi connectivity index (χ2v) is 7.17. The Kier molecular flexibility index (Phi) is 4.33. The molecule has 2 rings (SSSR count). The molecule has 0 radical (unpaired) electrons. The second kappa shape index (κ2) is 5.62. The van der Waals surface area contributed by atoms with Crippen molar-refractivity contribution in [2.75, 3.05) is 42.2 Å². The van der Waals surface area contributed by atoms with Gasteiger partial charge in [-0.05, 0) is 40.8 Å². The fraction of sp³-hybridized carbons (Fsp3) is 0.455. The fourth-order valence-electron chi connectivity index (χ4n) is 1.85. The van der Waals surface area contributed by atoms with Gasteiger partial charge in [0.2, 0.25) is 10.0 Å². The first-order valence-electron chi connectivity index (χ1n) is 5.55. The summed E-state index contributed by atoms with van der Waals surface area (Å²) in [5.74, 6) is 0. The van der Waals surface area contributed by atoms with Gasteiger partial charge in [0.1, 0.15) is 0 Å². The number of morpholine rings is 1. The maximum absolute atomic E-state index is 11.3. The van der Waals surface area contributed by atoms with E-state index in [2.05, 4.69) is 32.2 Å². The van der Waals surface area contributed by atoms with E-state index in [0.29, 0.717) is 18.9 Å². The van der Waals surface area contributed by atoms with Crippen LogP contribution in [-0.4, -0.2) is 41.0 Å². The third kappa shape index (κ3) is 3.99. The second-order valence-electron chi connectivity index (χ2n) is 4.17. The molecule has 1 heterocycles. The van der Waals surface area contributed by atoms with Gasteiger partial charge in [-0.15, -0.1) is 0 Å². The van der Waals surface area contributed by atoms with Gasteiger partial charge in [-0.25, -0.2) is 8.42 Å². The number of halogens is 1. The fourth-order valence-corrected chi connectivity index (χ4v) is 3.05. The van der Waals surface area contributed by atoms with Crippen molar-refractivity contribution >= 4 is 44.0 Å². The van der Waals surface area contributed by atoms with E-state index in [-0.39, 0.29) is 0 Å². The summed E-state index contributed by atoms with van der Waals surface area (Å²) in [4.78, 5) is 2.19. The first kappa shape index (κ1) is 13.9. The van der Waals surface area contributed by atoms with Gasteiger partial charge in [-0.2, -0.15) is 0 Å². The molecule has 1 fully saturated rings. The van der Waals surface area contributed by atoms with Gasteiger partial charge >= 0.3 is 0 Å². The number of anilines is 2. The minimum absolute atomic E-state index is 0.603. The standard InChI is InChI=1S/C11H15IN2O3S/c1-18(15,16)13-10-6-9(12)7-11(8-10)14-2-4-17-5-3-14/h6-8,13H,2-5H2,1H3. The van der Waals surface area contributed by atoms with Gasteiger partial charge in [0.25, 0.3) is 0 Å². The number of sulfonamides is 1. The van der Waals surface area contributed by atoms with Crippen LogP contribution in [0, 0.1) is 3.57 Å². The lowest BCUT2D eigenvalue weighted by Crippen LogP contribution is -2.36. The molecule has 1 aliphatic heterocycles. The molecule has 1 aromatic carbocycles. The lowest BCUT2D eigenvalue weighted by molar-refractivity contribution is 0.122. The Bertz CT molecular complexity index is 527. The number of ether oxygens (including phenoxy) is 1. The number of benzene rings is 1. The molecule has 0 bridgehead atoms. The summed E-state index contributed by atoms with van der Waals surface area (Å²) in [7, 11) is -3.24. The van der Waals surface area contributed by atoms with Crippen LogP contribution in [0.15, 0.2) is 18.2 Å². The largest absolute Gasteiger partial charge is 0.378 e. The Hall–Kier alpha value is -0.540. The van der Waals surface area contributed by atoms with Crippen molar-refractivity contribution in [3.8, 4) is 0 Å². The SMILES string of the molecule is CS(=O)(=O)Nc1cc(I)cc(N2CCOCC2)c1. The van der Waals surface area contributed by atoms with E-state index >= 15 is 0 Å². The highest BCUT2D eigenvalue weighted by Crippen LogP contribution is 2.24. The zero-order valence-corrected chi connectivity index (χ0v) is 13.0. The van der Waals surface area contributed by atoms with Crippen molar-refractivity contribution in [3.05, 3.63) is 21.8 Å². The van der Waals surface area contributed by atoms with Crippen LogP contribution in [0.2, 0.25) is 0 Å². The molecule has 18 heavy (non-hydrogen) atoms. The summed E-state index contributed by atoms with van der Waals surface area (Å²) in [6.07, 6.45) is 1.15. The van der Waals surface area contributed by atoms with Gasteiger partial charge in [-0.1, -0.05) is 0 Å². The van der Waals surface area contributed by atoms with Crippen LogP contribution < -0.4 is 9.62 Å². The first-order chi connectivity index (χ1) is 8.44.